The van der Waals surface area contributed by atoms with Gasteiger partial charge in [-0.25, -0.2) is 0 Å². The Morgan fingerprint density at radius 3 is 2.55 bits per heavy atom. The van der Waals surface area contributed by atoms with Crippen LogP contribution in [0.2, 0.25) is 0 Å². The lowest BCUT2D eigenvalue weighted by molar-refractivity contribution is 0.203. The Morgan fingerprint density at radius 1 is 1.30 bits per heavy atom. The highest BCUT2D eigenvalue weighted by Crippen LogP contribution is 2.13. The second-order valence-electron chi connectivity index (χ2n) is 4.16. The van der Waals surface area contributed by atoms with Crippen LogP contribution in [-0.4, -0.2) is 51.5 Å². The quantitative estimate of drug-likeness (QED) is 0.282. The molecule has 1 aromatic carbocycles. The molecular weight excluding hydrogens is 369 g/mol. The third-order valence-corrected chi connectivity index (χ3v) is 2.83. The number of aliphatic hydroxyl groups is 1. The maximum Gasteiger partial charge on any atom is 0.191 e. The molecule has 1 atom stereocenters. The minimum Gasteiger partial charge on any atom is -0.396 e. The molecule has 20 heavy (non-hydrogen) atoms. The van der Waals surface area contributed by atoms with Crippen molar-refractivity contribution in [1.29, 1.82) is 0 Å². The van der Waals surface area contributed by atoms with Gasteiger partial charge in [-0.05, 0) is 5.56 Å². The first kappa shape index (κ1) is 19.1. The molecule has 0 heterocycles. The monoisotopic (exact) mass is 393 g/mol. The van der Waals surface area contributed by atoms with Gasteiger partial charge < -0.3 is 20.5 Å². The number of methoxy groups -OCH3 is 1. The molecule has 0 saturated heterocycles. The molecule has 0 amide bonds. The molecule has 6 heteroatoms. The number of hydrogen-bond acceptors (Lipinski definition) is 3. The average Bonchev–Trinajstić information content (AvgIpc) is 2.47. The van der Waals surface area contributed by atoms with Crippen molar-refractivity contribution in [3.05, 3.63) is 35.9 Å². The van der Waals surface area contributed by atoms with E-state index in [1.54, 1.807) is 14.2 Å². The molecule has 0 fully saturated rings. The standard InChI is InChI=1S/C14H23N3O2.HI/c1-15-14(16-8-9-19-2)17-10-13(11-18)12-6-4-3-5-7-12;/h3-7,13,18H,8-11H2,1-2H3,(H2,15,16,17);1H. The van der Waals surface area contributed by atoms with Gasteiger partial charge in [0.25, 0.3) is 0 Å². The Labute approximate surface area is 137 Å². The van der Waals surface area contributed by atoms with Gasteiger partial charge in [0.05, 0.1) is 13.2 Å². The summed E-state index contributed by atoms with van der Waals surface area (Å²) in [5.41, 5.74) is 1.12. The number of ether oxygens (including phenoxy) is 1. The molecule has 1 unspecified atom stereocenters. The topological polar surface area (TPSA) is 65.9 Å². The van der Waals surface area contributed by atoms with Crippen molar-refractivity contribution >= 4 is 29.9 Å². The van der Waals surface area contributed by atoms with Gasteiger partial charge in [0.1, 0.15) is 0 Å². The number of nitrogens with zero attached hydrogens (tertiary/aromatic N) is 1. The van der Waals surface area contributed by atoms with Crippen molar-refractivity contribution in [2.45, 2.75) is 5.92 Å². The first-order valence-electron chi connectivity index (χ1n) is 6.41. The van der Waals surface area contributed by atoms with Crippen molar-refractivity contribution in [3.63, 3.8) is 0 Å². The molecule has 0 bridgehead atoms. The number of guanidine groups is 1. The van der Waals surface area contributed by atoms with E-state index < -0.39 is 0 Å². The molecule has 5 nitrogen and oxygen atoms in total. The molecule has 0 aromatic heterocycles. The highest BCUT2D eigenvalue weighted by molar-refractivity contribution is 14.0. The SMILES string of the molecule is CN=C(NCCOC)NCC(CO)c1ccccc1.I. The van der Waals surface area contributed by atoms with E-state index in [1.165, 1.54) is 0 Å². The zero-order chi connectivity index (χ0) is 13.9. The zero-order valence-electron chi connectivity index (χ0n) is 12.0. The van der Waals surface area contributed by atoms with Gasteiger partial charge in [-0.2, -0.15) is 0 Å². The van der Waals surface area contributed by atoms with E-state index in [1.807, 2.05) is 30.3 Å². The summed E-state index contributed by atoms with van der Waals surface area (Å²) in [6.45, 7) is 2.06. The van der Waals surface area contributed by atoms with Crippen molar-refractivity contribution in [2.24, 2.45) is 4.99 Å². The summed E-state index contributed by atoms with van der Waals surface area (Å²) in [6.07, 6.45) is 0. The fourth-order valence-corrected chi connectivity index (χ4v) is 1.72. The predicted octanol–water partition coefficient (Wildman–Crippen LogP) is 1.19. The van der Waals surface area contributed by atoms with Crippen molar-refractivity contribution in [3.8, 4) is 0 Å². The fraction of sp³-hybridized carbons (Fsp3) is 0.500. The van der Waals surface area contributed by atoms with Crippen molar-refractivity contribution in [1.82, 2.24) is 10.6 Å². The smallest absolute Gasteiger partial charge is 0.191 e. The number of hydrogen-bond donors (Lipinski definition) is 3. The Hall–Kier alpha value is -0.860. The van der Waals surface area contributed by atoms with Crippen LogP contribution < -0.4 is 10.6 Å². The minimum absolute atomic E-state index is 0. The van der Waals surface area contributed by atoms with Crippen LogP contribution in [0.25, 0.3) is 0 Å². The molecule has 0 saturated carbocycles. The summed E-state index contributed by atoms with van der Waals surface area (Å²) in [5.74, 6) is 0.772. The van der Waals surface area contributed by atoms with E-state index in [-0.39, 0.29) is 36.5 Å². The maximum absolute atomic E-state index is 9.46. The molecular formula is C14H24IN3O2. The van der Waals surface area contributed by atoms with Crippen LogP contribution in [0.4, 0.5) is 0 Å². The number of rotatable bonds is 7. The lowest BCUT2D eigenvalue weighted by Crippen LogP contribution is -2.41. The zero-order valence-corrected chi connectivity index (χ0v) is 14.3. The van der Waals surface area contributed by atoms with Crippen LogP contribution >= 0.6 is 24.0 Å². The van der Waals surface area contributed by atoms with Gasteiger partial charge in [-0.15, -0.1) is 24.0 Å². The van der Waals surface area contributed by atoms with E-state index in [4.69, 9.17) is 4.74 Å². The highest BCUT2D eigenvalue weighted by atomic mass is 127. The van der Waals surface area contributed by atoms with Crippen LogP contribution in [0.3, 0.4) is 0 Å². The molecule has 0 aliphatic heterocycles. The number of aliphatic hydroxyl groups excluding tert-OH is 1. The van der Waals surface area contributed by atoms with Crippen LogP contribution in [0.15, 0.2) is 35.3 Å². The summed E-state index contributed by atoms with van der Waals surface area (Å²) >= 11 is 0. The maximum atomic E-state index is 9.46. The molecule has 0 radical (unpaired) electrons. The normalized spacial score (nSPS) is 12.4. The van der Waals surface area contributed by atoms with E-state index in [9.17, 15) is 5.11 Å². The lowest BCUT2D eigenvalue weighted by atomic mass is 10.0. The van der Waals surface area contributed by atoms with Crippen LogP contribution in [0.1, 0.15) is 11.5 Å². The fourth-order valence-electron chi connectivity index (χ4n) is 1.72. The van der Waals surface area contributed by atoms with Gasteiger partial charge in [-0.1, -0.05) is 30.3 Å². The molecule has 0 aliphatic rings. The van der Waals surface area contributed by atoms with E-state index in [2.05, 4.69) is 15.6 Å². The van der Waals surface area contributed by atoms with Crippen molar-refractivity contribution < 1.29 is 9.84 Å². The van der Waals surface area contributed by atoms with E-state index >= 15 is 0 Å². The molecule has 0 aliphatic carbocycles. The van der Waals surface area contributed by atoms with E-state index in [0.29, 0.717) is 25.7 Å². The van der Waals surface area contributed by atoms with Crippen LogP contribution in [-0.2, 0) is 4.74 Å². The number of halogens is 1. The van der Waals surface area contributed by atoms with Gasteiger partial charge in [-0.3, -0.25) is 4.99 Å². The third-order valence-electron chi connectivity index (χ3n) is 2.83. The Bertz CT molecular complexity index is 374. The van der Waals surface area contributed by atoms with Crippen molar-refractivity contribution in [2.75, 3.05) is 40.5 Å². The van der Waals surface area contributed by atoms with Gasteiger partial charge in [0.2, 0.25) is 0 Å². The third kappa shape index (κ3) is 7.06. The highest BCUT2D eigenvalue weighted by Gasteiger charge is 2.10. The number of aliphatic imine (C=N–C) groups is 1. The molecule has 1 rings (SSSR count). The molecule has 114 valence electrons. The van der Waals surface area contributed by atoms with Crippen LogP contribution in [0.5, 0.6) is 0 Å². The predicted molar refractivity (Wildman–Crippen MR) is 92.9 cm³/mol. The summed E-state index contributed by atoms with van der Waals surface area (Å²) in [5, 5.41) is 15.8. The first-order valence-corrected chi connectivity index (χ1v) is 6.41. The molecule has 1 aromatic rings. The minimum atomic E-state index is 0. The van der Waals surface area contributed by atoms with Gasteiger partial charge in [0.15, 0.2) is 5.96 Å². The molecule has 3 N–H and O–H groups in total. The van der Waals surface area contributed by atoms with Gasteiger partial charge in [0, 0.05) is 33.2 Å². The van der Waals surface area contributed by atoms with Gasteiger partial charge >= 0.3 is 0 Å². The summed E-state index contributed by atoms with van der Waals surface area (Å²) in [6, 6.07) is 9.96. The second kappa shape index (κ2) is 11.9. The first-order chi connectivity index (χ1) is 9.31. The summed E-state index contributed by atoms with van der Waals surface area (Å²) < 4.78 is 4.97. The van der Waals surface area contributed by atoms with E-state index in [0.717, 1.165) is 5.56 Å². The summed E-state index contributed by atoms with van der Waals surface area (Å²) in [7, 11) is 3.38. The average molecular weight is 393 g/mol. The Balaban J connectivity index is 0.00000361. The lowest BCUT2D eigenvalue weighted by Gasteiger charge is -2.18. The number of benzene rings is 1. The number of nitrogens with one attached hydrogen (secondary N) is 2. The summed E-state index contributed by atoms with van der Waals surface area (Å²) in [4.78, 5) is 4.12. The Morgan fingerprint density at radius 2 is 2.00 bits per heavy atom. The Kier molecular flexibility index (Phi) is 11.4. The van der Waals surface area contributed by atoms with Crippen LogP contribution in [0, 0.1) is 0 Å². The molecule has 0 spiro atoms. The second-order valence-corrected chi connectivity index (χ2v) is 4.16. The largest absolute Gasteiger partial charge is 0.396 e.